The number of piperidine rings is 1. The molecule has 0 bridgehead atoms. The van der Waals surface area contributed by atoms with Crippen LogP contribution in [0, 0.1) is 5.92 Å². The highest BCUT2D eigenvalue weighted by molar-refractivity contribution is 7.89. The Labute approximate surface area is 119 Å². The van der Waals surface area contributed by atoms with Gasteiger partial charge >= 0.3 is 5.97 Å². The summed E-state index contributed by atoms with van der Waals surface area (Å²) < 4.78 is 30.9. The van der Waals surface area contributed by atoms with Gasteiger partial charge in [0, 0.05) is 20.2 Å². The number of hydrogen-bond acceptors (Lipinski definition) is 4. The van der Waals surface area contributed by atoms with Gasteiger partial charge in [-0.1, -0.05) is 11.6 Å². The Morgan fingerprint density at radius 3 is 2.50 bits per heavy atom. The fraction of sp³-hybridized carbons (Fsp3) is 0.769. The van der Waals surface area contributed by atoms with E-state index >= 15 is 0 Å². The van der Waals surface area contributed by atoms with Gasteiger partial charge in [0.1, 0.15) is 0 Å². The van der Waals surface area contributed by atoms with E-state index in [1.54, 1.807) is 0 Å². The van der Waals surface area contributed by atoms with Gasteiger partial charge in [-0.05, 0) is 31.6 Å². The Morgan fingerprint density at radius 1 is 1.50 bits per heavy atom. The molecular formula is C13H21NO5S. The molecule has 1 aliphatic carbocycles. The number of sulfonamides is 1. The van der Waals surface area contributed by atoms with E-state index < -0.39 is 22.1 Å². The zero-order valence-corrected chi connectivity index (χ0v) is 12.4. The topological polar surface area (TPSA) is 83.9 Å². The maximum atomic E-state index is 12.2. The average Bonchev–Trinajstić information content (AvgIpc) is 2.35. The minimum atomic E-state index is -3.24. The van der Waals surface area contributed by atoms with Crippen molar-refractivity contribution < 1.29 is 23.1 Å². The maximum Gasteiger partial charge on any atom is 0.333 e. The number of nitrogens with zero attached hydrogens (tertiary/aromatic N) is 1. The monoisotopic (exact) mass is 303 g/mol. The van der Waals surface area contributed by atoms with Crippen LogP contribution in [0.4, 0.5) is 0 Å². The van der Waals surface area contributed by atoms with Crippen LogP contribution >= 0.6 is 0 Å². The quantitative estimate of drug-likeness (QED) is 0.735. The van der Waals surface area contributed by atoms with Crippen molar-refractivity contribution in [3.63, 3.8) is 0 Å². The Morgan fingerprint density at radius 2 is 2.10 bits per heavy atom. The van der Waals surface area contributed by atoms with E-state index in [4.69, 9.17) is 9.84 Å². The average molecular weight is 303 g/mol. The number of allylic oxidation sites excluding steroid dienone is 1. The van der Waals surface area contributed by atoms with Crippen molar-refractivity contribution in [3.05, 3.63) is 11.6 Å². The van der Waals surface area contributed by atoms with Crippen LogP contribution in [0.15, 0.2) is 11.6 Å². The molecule has 0 amide bonds. The molecule has 7 heteroatoms. The predicted molar refractivity (Wildman–Crippen MR) is 73.8 cm³/mol. The molecule has 2 rings (SSSR count). The lowest BCUT2D eigenvalue weighted by atomic mass is 9.92. The van der Waals surface area contributed by atoms with E-state index in [-0.39, 0.29) is 11.7 Å². The van der Waals surface area contributed by atoms with Crippen molar-refractivity contribution >= 4 is 16.0 Å². The summed E-state index contributed by atoms with van der Waals surface area (Å²) in [5.41, 5.74) is 0.993. The zero-order chi connectivity index (χ0) is 14.8. The molecule has 0 radical (unpaired) electrons. The molecule has 1 unspecified atom stereocenters. The summed E-state index contributed by atoms with van der Waals surface area (Å²) in [6, 6.07) is 0. The normalized spacial score (nSPS) is 22.9. The standard InChI is InChI=1S/C13H21NO5S/c1-19-12(13(15)16)11-5-7-14(8-6-11)20(17,18)9-10-3-2-4-10/h3,11-12H,2,4-9H2,1H3,(H,15,16). The number of ether oxygens (including phenoxy) is 1. The summed E-state index contributed by atoms with van der Waals surface area (Å²) in [5.74, 6) is -0.982. The number of aliphatic carboxylic acids is 1. The fourth-order valence-corrected chi connectivity index (χ4v) is 4.44. The summed E-state index contributed by atoms with van der Waals surface area (Å²) in [7, 11) is -1.86. The molecule has 6 nitrogen and oxygen atoms in total. The van der Waals surface area contributed by atoms with Crippen LogP contribution in [0.1, 0.15) is 25.7 Å². The third-order valence-electron chi connectivity index (χ3n) is 4.08. The summed E-state index contributed by atoms with van der Waals surface area (Å²) >= 11 is 0. The smallest absolute Gasteiger partial charge is 0.333 e. The van der Waals surface area contributed by atoms with Gasteiger partial charge < -0.3 is 9.84 Å². The highest BCUT2D eigenvalue weighted by atomic mass is 32.2. The van der Waals surface area contributed by atoms with Crippen LogP contribution in [-0.2, 0) is 19.6 Å². The highest BCUT2D eigenvalue weighted by Crippen LogP contribution is 2.27. The molecule has 0 spiro atoms. The van der Waals surface area contributed by atoms with Crippen molar-refractivity contribution in [1.29, 1.82) is 0 Å². The van der Waals surface area contributed by atoms with E-state index in [1.165, 1.54) is 11.4 Å². The first-order chi connectivity index (χ1) is 9.44. The van der Waals surface area contributed by atoms with Crippen molar-refractivity contribution in [2.24, 2.45) is 5.92 Å². The van der Waals surface area contributed by atoms with E-state index in [0.29, 0.717) is 25.9 Å². The molecule has 1 atom stereocenters. The van der Waals surface area contributed by atoms with Crippen LogP contribution in [0.5, 0.6) is 0 Å². The van der Waals surface area contributed by atoms with Gasteiger partial charge in [0.05, 0.1) is 5.75 Å². The number of hydrogen-bond donors (Lipinski definition) is 1. The first-order valence-electron chi connectivity index (χ1n) is 6.85. The molecule has 2 aliphatic rings. The second-order valence-electron chi connectivity index (χ2n) is 5.39. The van der Waals surface area contributed by atoms with Crippen LogP contribution in [0.25, 0.3) is 0 Å². The highest BCUT2D eigenvalue weighted by Gasteiger charge is 2.35. The first kappa shape index (κ1) is 15.5. The van der Waals surface area contributed by atoms with Gasteiger partial charge in [0.25, 0.3) is 0 Å². The van der Waals surface area contributed by atoms with Gasteiger partial charge in [-0.3, -0.25) is 0 Å². The lowest BCUT2D eigenvalue weighted by Crippen LogP contribution is -2.44. The Balaban J connectivity index is 1.91. The summed E-state index contributed by atoms with van der Waals surface area (Å²) in [4.78, 5) is 11.0. The Kier molecular flexibility index (Phi) is 4.82. The molecule has 114 valence electrons. The number of rotatable bonds is 6. The van der Waals surface area contributed by atoms with E-state index in [0.717, 1.165) is 18.4 Å². The fourth-order valence-electron chi connectivity index (χ4n) is 2.76. The molecule has 1 fully saturated rings. The molecule has 1 aliphatic heterocycles. The number of carboxylic acids is 1. The lowest BCUT2D eigenvalue weighted by molar-refractivity contribution is -0.152. The molecular weight excluding hydrogens is 282 g/mol. The second-order valence-corrected chi connectivity index (χ2v) is 7.36. The molecule has 20 heavy (non-hydrogen) atoms. The van der Waals surface area contributed by atoms with Crippen molar-refractivity contribution in [1.82, 2.24) is 4.31 Å². The molecule has 0 aromatic carbocycles. The van der Waals surface area contributed by atoms with Crippen molar-refractivity contribution in [2.75, 3.05) is 26.0 Å². The van der Waals surface area contributed by atoms with E-state index in [2.05, 4.69) is 0 Å². The summed E-state index contributed by atoms with van der Waals surface area (Å²) in [6.07, 6.45) is 4.04. The summed E-state index contributed by atoms with van der Waals surface area (Å²) in [6.45, 7) is 0.765. The van der Waals surface area contributed by atoms with E-state index in [9.17, 15) is 13.2 Å². The molecule has 0 saturated carbocycles. The molecule has 0 aromatic rings. The van der Waals surface area contributed by atoms with Crippen LogP contribution in [-0.4, -0.2) is 55.9 Å². The first-order valence-corrected chi connectivity index (χ1v) is 8.46. The second kappa shape index (κ2) is 6.24. The Bertz CT molecular complexity index is 491. The van der Waals surface area contributed by atoms with Gasteiger partial charge in [0.2, 0.25) is 10.0 Å². The number of carboxylic acid groups (broad SMARTS) is 1. The number of carbonyl (C=O) groups is 1. The Hall–Kier alpha value is -0.920. The van der Waals surface area contributed by atoms with Gasteiger partial charge in [-0.15, -0.1) is 0 Å². The van der Waals surface area contributed by atoms with Crippen molar-refractivity contribution in [2.45, 2.75) is 31.8 Å². The van der Waals surface area contributed by atoms with Gasteiger partial charge in [0.15, 0.2) is 6.10 Å². The largest absolute Gasteiger partial charge is 0.479 e. The molecule has 1 N–H and O–H groups in total. The van der Waals surface area contributed by atoms with Crippen LogP contribution in [0.3, 0.4) is 0 Å². The van der Waals surface area contributed by atoms with Crippen LogP contribution < -0.4 is 0 Å². The lowest BCUT2D eigenvalue weighted by Gasteiger charge is -2.33. The minimum absolute atomic E-state index is 0.115. The van der Waals surface area contributed by atoms with Crippen LogP contribution in [0.2, 0.25) is 0 Å². The van der Waals surface area contributed by atoms with Gasteiger partial charge in [-0.25, -0.2) is 17.5 Å². The third kappa shape index (κ3) is 3.39. The molecule has 1 saturated heterocycles. The minimum Gasteiger partial charge on any atom is -0.479 e. The zero-order valence-electron chi connectivity index (χ0n) is 11.6. The van der Waals surface area contributed by atoms with E-state index in [1.807, 2.05) is 6.08 Å². The predicted octanol–water partition coefficient (Wildman–Crippen LogP) is 0.848. The molecule has 1 heterocycles. The van der Waals surface area contributed by atoms with Gasteiger partial charge in [-0.2, -0.15) is 0 Å². The summed E-state index contributed by atoms with van der Waals surface area (Å²) in [5, 5.41) is 9.05. The number of methoxy groups -OCH3 is 1. The third-order valence-corrected chi connectivity index (χ3v) is 5.97. The maximum absolute atomic E-state index is 12.2. The van der Waals surface area contributed by atoms with Crippen molar-refractivity contribution in [3.8, 4) is 0 Å². The SMILES string of the molecule is COC(C(=O)O)C1CCN(S(=O)(=O)CC2=CCC2)CC1. The molecule has 0 aromatic heterocycles.